The summed E-state index contributed by atoms with van der Waals surface area (Å²) in [7, 11) is 1.63. The molecule has 0 saturated carbocycles. The van der Waals surface area contributed by atoms with Crippen molar-refractivity contribution in [3.8, 4) is 17.2 Å². The fourth-order valence-corrected chi connectivity index (χ4v) is 3.67. The number of ketones is 1. The molecular formula is C24H18Cl2O4. The zero-order valence-corrected chi connectivity index (χ0v) is 17.9. The van der Waals surface area contributed by atoms with Crippen molar-refractivity contribution in [2.24, 2.45) is 0 Å². The van der Waals surface area contributed by atoms with Crippen LogP contribution in [0.25, 0.3) is 6.08 Å². The molecule has 0 spiro atoms. The minimum atomic E-state index is -0.185. The molecular weight excluding hydrogens is 423 g/mol. The number of carbonyl (C=O) groups is 1. The first-order valence-corrected chi connectivity index (χ1v) is 10.00. The Morgan fingerprint density at radius 2 is 1.77 bits per heavy atom. The van der Waals surface area contributed by atoms with Crippen LogP contribution in [0.5, 0.6) is 17.2 Å². The highest BCUT2D eigenvalue weighted by atomic mass is 35.5. The number of rotatable bonds is 5. The van der Waals surface area contributed by atoms with Crippen LogP contribution in [0.2, 0.25) is 10.0 Å². The number of carbonyl (C=O) groups excluding carboxylic acids is 1. The van der Waals surface area contributed by atoms with Crippen LogP contribution >= 0.6 is 23.2 Å². The molecule has 0 fully saturated rings. The van der Waals surface area contributed by atoms with Crippen molar-refractivity contribution < 1.29 is 19.0 Å². The van der Waals surface area contributed by atoms with Crippen molar-refractivity contribution in [3.63, 3.8) is 0 Å². The van der Waals surface area contributed by atoms with Gasteiger partial charge in [-0.3, -0.25) is 4.79 Å². The molecule has 1 aliphatic rings. The molecule has 0 bridgehead atoms. The van der Waals surface area contributed by atoms with E-state index in [-0.39, 0.29) is 11.5 Å². The smallest absolute Gasteiger partial charge is 0.232 e. The number of allylic oxidation sites excluding steroid dienone is 1. The Hall–Kier alpha value is -2.95. The number of Topliss-reactive ketones (excluding diaryl/α,β-unsaturated/α-hetero) is 1. The Bertz CT molecular complexity index is 1150. The molecule has 4 rings (SSSR count). The average Bonchev–Trinajstić information content (AvgIpc) is 3.04. The van der Waals surface area contributed by atoms with Crippen LogP contribution in [0.4, 0.5) is 0 Å². The molecule has 1 heterocycles. The Morgan fingerprint density at radius 1 is 1.00 bits per heavy atom. The van der Waals surface area contributed by atoms with Crippen LogP contribution in [-0.4, -0.2) is 12.9 Å². The first kappa shape index (κ1) is 20.3. The number of fused-ring (bicyclic) bond motifs is 1. The van der Waals surface area contributed by atoms with Crippen molar-refractivity contribution in [1.29, 1.82) is 0 Å². The number of halogens is 2. The number of benzene rings is 3. The van der Waals surface area contributed by atoms with Gasteiger partial charge in [-0.05, 0) is 60.0 Å². The Labute approximate surface area is 184 Å². The topological polar surface area (TPSA) is 44.8 Å². The number of hydrogen-bond donors (Lipinski definition) is 0. The quantitative estimate of drug-likeness (QED) is 0.424. The van der Waals surface area contributed by atoms with Crippen LogP contribution in [-0.2, 0) is 6.61 Å². The maximum absolute atomic E-state index is 12.8. The van der Waals surface area contributed by atoms with E-state index in [1.54, 1.807) is 37.5 Å². The highest BCUT2D eigenvalue weighted by Gasteiger charge is 2.30. The van der Waals surface area contributed by atoms with E-state index in [2.05, 4.69) is 0 Å². The van der Waals surface area contributed by atoms with Gasteiger partial charge in [0.2, 0.25) is 5.78 Å². The molecule has 0 aliphatic carbocycles. The van der Waals surface area contributed by atoms with E-state index in [4.69, 9.17) is 37.4 Å². The maximum Gasteiger partial charge on any atom is 0.232 e. The first-order valence-electron chi connectivity index (χ1n) is 9.24. The fraction of sp³-hybridized carbons (Fsp3) is 0.125. The summed E-state index contributed by atoms with van der Waals surface area (Å²) in [5, 5.41) is 0.973. The molecule has 0 N–H and O–H groups in total. The predicted octanol–water partition coefficient (Wildman–Crippen LogP) is 6.51. The van der Waals surface area contributed by atoms with Gasteiger partial charge >= 0.3 is 0 Å². The van der Waals surface area contributed by atoms with Gasteiger partial charge in [0, 0.05) is 16.1 Å². The second-order valence-electron chi connectivity index (χ2n) is 6.86. The highest BCUT2D eigenvalue weighted by Crippen LogP contribution is 2.38. The molecule has 3 aromatic rings. The van der Waals surface area contributed by atoms with Crippen molar-refractivity contribution in [2.45, 2.75) is 13.5 Å². The number of hydrogen-bond acceptors (Lipinski definition) is 4. The van der Waals surface area contributed by atoms with Gasteiger partial charge in [-0.25, -0.2) is 0 Å². The third kappa shape index (κ3) is 4.16. The van der Waals surface area contributed by atoms with Gasteiger partial charge < -0.3 is 14.2 Å². The molecule has 30 heavy (non-hydrogen) atoms. The van der Waals surface area contributed by atoms with Gasteiger partial charge in [0.25, 0.3) is 0 Å². The second kappa shape index (κ2) is 8.42. The van der Waals surface area contributed by atoms with E-state index in [0.29, 0.717) is 39.3 Å². The number of aryl methyl sites for hydroxylation is 1. The monoisotopic (exact) mass is 440 g/mol. The summed E-state index contributed by atoms with van der Waals surface area (Å²) in [5.41, 5.74) is 2.98. The number of ether oxygens (including phenoxy) is 3. The lowest BCUT2D eigenvalue weighted by molar-refractivity contribution is 0.101. The predicted molar refractivity (Wildman–Crippen MR) is 118 cm³/mol. The summed E-state index contributed by atoms with van der Waals surface area (Å²) < 4.78 is 16.9. The van der Waals surface area contributed by atoms with Gasteiger partial charge in [-0.1, -0.05) is 41.4 Å². The standard InChI is InChI=1S/C24H18Cl2O4/c1-14-9-19(29-13-15-3-7-18(28-2)8-4-15)12-21-23(14)24(27)22(30-21)10-16-5-6-17(25)11-20(16)26/h3-12H,13H2,1-2H3/b22-10-. The summed E-state index contributed by atoms with van der Waals surface area (Å²) in [6, 6.07) is 16.3. The van der Waals surface area contributed by atoms with Crippen LogP contribution in [0.3, 0.4) is 0 Å². The van der Waals surface area contributed by atoms with Crippen LogP contribution in [0.1, 0.15) is 27.0 Å². The van der Waals surface area contributed by atoms with Gasteiger partial charge in [-0.2, -0.15) is 0 Å². The molecule has 0 saturated heterocycles. The van der Waals surface area contributed by atoms with E-state index in [1.165, 1.54) is 0 Å². The molecule has 4 nitrogen and oxygen atoms in total. The van der Waals surface area contributed by atoms with Crippen molar-refractivity contribution in [1.82, 2.24) is 0 Å². The lowest BCUT2D eigenvalue weighted by Gasteiger charge is -2.09. The highest BCUT2D eigenvalue weighted by molar-refractivity contribution is 6.35. The third-order valence-electron chi connectivity index (χ3n) is 4.76. The maximum atomic E-state index is 12.8. The Morgan fingerprint density at radius 3 is 2.47 bits per heavy atom. The lowest BCUT2D eigenvalue weighted by Crippen LogP contribution is -2.00. The van der Waals surface area contributed by atoms with E-state index in [1.807, 2.05) is 37.3 Å². The molecule has 0 unspecified atom stereocenters. The molecule has 0 aromatic heterocycles. The molecule has 0 radical (unpaired) electrons. The Kier molecular flexibility index (Phi) is 5.71. The van der Waals surface area contributed by atoms with Crippen LogP contribution in [0, 0.1) is 6.92 Å². The molecule has 0 amide bonds. The minimum Gasteiger partial charge on any atom is -0.497 e. The largest absolute Gasteiger partial charge is 0.497 e. The lowest BCUT2D eigenvalue weighted by atomic mass is 10.0. The van der Waals surface area contributed by atoms with E-state index >= 15 is 0 Å². The summed E-state index contributed by atoms with van der Waals surface area (Å²) in [4.78, 5) is 12.8. The molecule has 6 heteroatoms. The molecule has 0 atom stereocenters. The zero-order chi connectivity index (χ0) is 21.3. The normalized spacial score (nSPS) is 13.9. The van der Waals surface area contributed by atoms with Gasteiger partial charge in [0.15, 0.2) is 5.76 Å². The van der Waals surface area contributed by atoms with Gasteiger partial charge in [-0.15, -0.1) is 0 Å². The van der Waals surface area contributed by atoms with E-state index in [9.17, 15) is 4.79 Å². The van der Waals surface area contributed by atoms with Crippen molar-refractivity contribution >= 4 is 35.1 Å². The van der Waals surface area contributed by atoms with Crippen LogP contribution < -0.4 is 14.2 Å². The molecule has 3 aromatic carbocycles. The summed E-state index contributed by atoms with van der Waals surface area (Å²) >= 11 is 12.2. The zero-order valence-electron chi connectivity index (χ0n) is 16.4. The van der Waals surface area contributed by atoms with Gasteiger partial charge in [0.1, 0.15) is 23.9 Å². The second-order valence-corrected chi connectivity index (χ2v) is 7.70. The molecule has 152 valence electrons. The molecule has 1 aliphatic heterocycles. The van der Waals surface area contributed by atoms with E-state index < -0.39 is 0 Å². The summed E-state index contributed by atoms with van der Waals surface area (Å²) in [5.74, 6) is 1.92. The van der Waals surface area contributed by atoms with Gasteiger partial charge in [0.05, 0.1) is 12.7 Å². The van der Waals surface area contributed by atoms with Crippen molar-refractivity contribution in [2.75, 3.05) is 7.11 Å². The first-order chi connectivity index (χ1) is 14.4. The van der Waals surface area contributed by atoms with E-state index in [0.717, 1.165) is 16.9 Å². The third-order valence-corrected chi connectivity index (χ3v) is 5.32. The Balaban J connectivity index is 1.55. The SMILES string of the molecule is COc1ccc(COc2cc(C)c3c(c2)O/C(=C\c2ccc(Cl)cc2Cl)C3=O)cc1. The fourth-order valence-electron chi connectivity index (χ4n) is 3.21. The summed E-state index contributed by atoms with van der Waals surface area (Å²) in [6.07, 6.45) is 1.62. The van der Waals surface area contributed by atoms with Crippen LogP contribution in [0.15, 0.2) is 60.4 Å². The minimum absolute atomic E-state index is 0.185. The van der Waals surface area contributed by atoms with Crippen molar-refractivity contribution in [3.05, 3.63) is 92.7 Å². The number of methoxy groups -OCH3 is 1. The average molecular weight is 441 g/mol. The summed E-state index contributed by atoms with van der Waals surface area (Å²) in [6.45, 7) is 2.25.